The van der Waals surface area contributed by atoms with Crippen LogP contribution in [0.15, 0.2) is 54.6 Å². The zero-order chi connectivity index (χ0) is 27.6. The molecular weight excluding hydrogens is 468 g/mol. The molecule has 0 aliphatic heterocycles. The van der Waals surface area contributed by atoms with E-state index in [1.165, 1.54) is 22.3 Å². The highest BCUT2D eigenvalue weighted by atomic mass is 16.1. The average Bonchev–Trinajstić information content (AvgIpc) is 2.85. The van der Waals surface area contributed by atoms with Crippen LogP contribution in [-0.4, -0.2) is 39.8 Å². The molecule has 1 saturated carbocycles. The lowest BCUT2D eigenvalue weighted by atomic mass is 9.56. The number of fused-ring (bicyclic) bond motifs is 2. The van der Waals surface area contributed by atoms with Crippen LogP contribution in [0, 0.1) is 5.92 Å². The molecule has 0 amide bonds. The molecule has 0 spiro atoms. The largest absolute Gasteiger partial charge is 0.378 e. The first-order valence-electron chi connectivity index (χ1n) is 13.7. The SMILES string of the molecule is CC(=O)c1cccc(C2(C)c3ccc(N(C)C)cc3C(C)(C)c3cc(N(C)C)ccc32)c1C(=O)C1CCC1. The van der Waals surface area contributed by atoms with Gasteiger partial charge in [0.1, 0.15) is 0 Å². The van der Waals surface area contributed by atoms with Crippen molar-refractivity contribution < 1.29 is 9.59 Å². The summed E-state index contributed by atoms with van der Waals surface area (Å²) in [5.41, 5.74) is 8.45. The van der Waals surface area contributed by atoms with E-state index >= 15 is 0 Å². The minimum Gasteiger partial charge on any atom is -0.378 e. The maximum Gasteiger partial charge on any atom is 0.166 e. The Hall–Kier alpha value is -3.40. The lowest BCUT2D eigenvalue weighted by Gasteiger charge is -2.47. The van der Waals surface area contributed by atoms with E-state index in [2.05, 4.69) is 101 Å². The number of benzene rings is 3. The van der Waals surface area contributed by atoms with Gasteiger partial charge in [-0.05, 0) is 78.8 Å². The van der Waals surface area contributed by atoms with Gasteiger partial charge in [-0.1, -0.05) is 50.6 Å². The predicted octanol–water partition coefficient (Wildman–Crippen LogP) is 7.00. The second kappa shape index (κ2) is 9.11. The molecule has 0 aromatic heterocycles. The third kappa shape index (κ3) is 3.80. The fourth-order valence-corrected chi connectivity index (χ4v) is 6.51. The third-order valence-corrected chi connectivity index (χ3v) is 9.17. The molecule has 0 unspecified atom stereocenters. The van der Waals surface area contributed by atoms with Gasteiger partial charge in [0, 0.05) is 67.4 Å². The summed E-state index contributed by atoms with van der Waals surface area (Å²) < 4.78 is 0. The molecule has 1 fully saturated rings. The molecule has 2 aliphatic carbocycles. The first kappa shape index (κ1) is 26.2. The Balaban J connectivity index is 1.89. The normalized spacial score (nSPS) is 17.2. The molecule has 3 aromatic rings. The Bertz CT molecular complexity index is 1380. The first-order chi connectivity index (χ1) is 17.9. The molecular formula is C34H40N2O2. The smallest absolute Gasteiger partial charge is 0.166 e. The second-order valence-electron chi connectivity index (χ2n) is 12.3. The summed E-state index contributed by atoms with van der Waals surface area (Å²) in [6.45, 7) is 8.43. The van der Waals surface area contributed by atoms with E-state index in [4.69, 9.17) is 0 Å². The van der Waals surface area contributed by atoms with Crippen molar-refractivity contribution in [1.82, 2.24) is 0 Å². The van der Waals surface area contributed by atoms with E-state index in [0.29, 0.717) is 11.1 Å². The van der Waals surface area contributed by atoms with Crippen molar-refractivity contribution in [3.05, 3.63) is 93.5 Å². The molecule has 4 heteroatoms. The molecule has 0 bridgehead atoms. The van der Waals surface area contributed by atoms with Crippen LogP contribution < -0.4 is 9.80 Å². The van der Waals surface area contributed by atoms with Gasteiger partial charge in [0.25, 0.3) is 0 Å². The van der Waals surface area contributed by atoms with Gasteiger partial charge in [-0.3, -0.25) is 9.59 Å². The summed E-state index contributed by atoms with van der Waals surface area (Å²) in [5.74, 6) is 0.0747. The number of carbonyl (C=O) groups excluding carboxylic acids is 2. The van der Waals surface area contributed by atoms with E-state index in [-0.39, 0.29) is 22.9 Å². The molecule has 0 heterocycles. The fraction of sp³-hybridized carbons (Fsp3) is 0.412. The number of nitrogens with zero attached hydrogens (tertiary/aromatic N) is 2. The molecule has 0 atom stereocenters. The van der Waals surface area contributed by atoms with Gasteiger partial charge in [-0.2, -0.15) is 0 Å². The van der Waals surface area contributed by atoms with E-state index < -0.39 is 5.41 Å². The van der Waals surface area contributed by atoms with Crippen LogP contribution in [0.3, 0.4) is 0 Å². The molecule has 5 rings (SSSR count). The van der Waals surface area contributed by atoms with Crippen LogP contribution >= 0.6 is 0 Å². The summed E-state index contributed by atoms with van der Waals surface area (Å²) in [5, 5.41) is 0. The lowest BCUT2D eigenvalue weighted by molar-refractivity contribution is 0.0846. The molecule has 3 aromatic carbocycles. The number of hydrogen-bond donors (Lipinski definition) is 0. The summed E-state index contributed by atoms with van der Waals surface area (Å²) in [6.07, 6.45) is 2.88. The van der Waals surface area contributed by atoms with Gasteiger partial charge in [-0.25, -0.2) is 0 Å². The van der Waals surface area contributed by atoms with Crippen molar-refractivity contribution in [2.75, 3.05) is 38.0 Å². The number of hydrogen-bond acceptors (Lipinski definition) is 4. The standard InChI is InChI=1S/C34H40N2O2/c1-21(37)25-13-10-14-28(31(25)32(38)22-11-9-12-22)34(4)26-17-15-23(35(5)6)19-29(26)33(2,3)30-20-24(36(7)8)16-18-27(30)34/h10,13-20,22H,9,11-12H2,1-8H3. The molecule has 38 heavy (non-hydrogen) atoms. The van der Waals surface area contributed by atoms with Crippen molar-refractivity contribution in [3.8, 4) is 0 Å². The molecule has 0 radical (unpaired) electrons. The topological polar surface area (TPSA) is 40.6 Å². The van der Waals surface area contributed by atoms with Crippen molar-refractivity contribution in [3.63, 3.8) is 0 Å². The summed E-state index contributed by atoms with van der Waals surface area (Å²) in [6, 6.07) is 19.3. The van der Waals surface area contributed by atoms with Gasteiger partial charge in [0.05, 0.1) is 0 Å². The van der Waals surface area contributed by atoms with Gasteiger partial charge in [0.2, 0.25) is 0 Å². The molecule has 198 valence electrons. The van der Waals surface area contributed by atoms with Gasteiger partial charge in [-0.15, -0.1) is 0 Å². The van der Waals surface area contributed by atoms with Gasteiger partial charge in [0.15, 0.2) is 11.6 Å². The predicted molar refractivity (Wildman–Crippen MR) is 157 cm³/mol. The fourth-order valence-electron chi connectivity index (χ4n) is 6.51. The summed E-state index contributed by atoms with van der Waals surface area (Å²) in [4.78, 5) is 31.2. The maximum absolute atomic E-state index is 14.0. The van der Waals surface area contributed by atoms with E-state index in [1.54, 1.807) is 6.92 Å². The minimum absolute atomic E-state index is 0.00376. The number of carbonyl (C=O) groups is 2. The third-order valence-electron chi connectivity index (χ3n) is 9.17. The summed E-state index contributed by atoms with van der Waals surface area (Å²) in [7, 11) is 8.28. The second-order valence-corrected chi connectivity index (χ2v) is 12.3. The Kier molecular flexibility index (Phi) is 6.29. The van der Waals surface area contributed by atoms with Crippen LogP contribution in [-0.2, 0) is 10.8 Å². The molecule has 0 saturated heterocycles. The van der Waals surface area contributed by atoms with Crippen molar-refractivity contribution >= 4 is 22.9 Å². The Labute approximate surface area is 227 Å². The monoisotopic (exact) mass is 508 g/mol. The van der Waals surface area contributed by atoms with Crippen molar-refractivity contribution in [2.24, 2.45) is 5.92 Å². The number of Topliss-reactive ketones (excluding diaryl/α,β-unsaturated/α-hetero) is 2. The van der Waals surface area contributed by atoms with Crippen LogP contribution in [0.25, 0.3) is 0 Å². The van der Waals surface area contributed by atoms with Gasteiger partial charge >= 0.3 is 0 Å². The van der Waals surface area contributed by atoms with Crippen molar-refractivity contribution in [2.45, 2.75) is 57.8 Å². The molecule has 0 N–H and O–H groups in total. The Morgan fingerprint density at radius 1 is 0.737 bits per heavy atom. The highest BCUT2D eigenvalue weighted by molar-refractivity contribution is 6.10. The van der Waals surface area contributed by atoms with Crippen molar-refractivity contribution in [1.29, 1.82) is 0 Å². The van der Waals surface area contributed by atoms with Crippen LogP contribution in [0.4, 0.5) is 11.4 Å². The van der Waals surface area contributed by atoms with Crippen LogP contribution in [0.2, 0.25) is 0 Å². The lowest BCUT2D eigenvalue weighted by Crippen LogP contribution is -2.41. The van der Waals surface area contributed by atoms with E-state index in [9.17, 15) is 9.59 Å². The average molecular weight is 509 g/mol. The number of rotatable bonds is 6. The quantitative estimate of drug-likeness (QED) is 0.336. The Morgan fingerprint density at radius 3 is 1.68 bits per heavy atom. The highest BCUT2D eigenvalue weighted by Gasteiger charge is 2.47. The van der Waals surface area contributed by atoms with E-state index in [1.807, 2.05) is 12.1 Å². The van der Waals surface area contributed by atoms with Crippen LogP contribution in [0.1, 0.15) is 95.5 Å². The first-order valence-corrected chi connectivity index (χ1v) is 13.7. The maximum atomic E-state index is 14.0. The van der Waals surface area contributed by atoms with Crippen LogP contribution in [0.5, 0.6) is 0 Å². The highest BCUT2D eigenvalue weighted by Crippen LogP contribution is 2.55. The summed E-state index contributed by atoms with van der Waals surface area (Å²) >= 11 is 0. The zero-order valence-electron chi connectivity index (χ0n) is 24.1. The van der Waals surface area contributed by atoms with E-state index in [0.717, 1.165) is 36.2 Å². The molecule has 2 aliphatic rings. The minimum atomic E-state index is -0.601. The number of anilines is 2. The number of ketones is 2. The van der Waals surface area contributed by atoms with Gasteiger partial charge < -0.3 is 9.80 Å². The zero-order valence-corrected chi connectivity index (χ0v) is 24.1. The molecule has 4 nitrogen and oxygen atoms in total. The Morgan fingerprint density at radius 2 is 1.26 bits per heavy atom.